The lowest BCUT2D eigenvalue weighted by molar-refractivity contribution is -0.150. The molecule has 2 aliphatic heterocycles. The molecule has 0 spiro atoms. The Morgan fingerprint density at radius 3 is 2.44 bits per heavy atom. The summed E-state index contributed by atoms with van der Waals surface area (Å²) in [5, 5.41) is 6.02. The van der Waals surface area contributed by atoms with Crippen LogP contribution >= 0.6 is 23.4 Å². The highest BCUT2D eigenvalue weighted by atomic mass is 35.5. The number of hydrogen-bond acceptors (Lipinski definition) is 6. The van der Waals surface area contributed by atoms with Gasteiger partial charge in [-0.25, -0.2) is 14.2 Å². The molecule has 0 unspecified atom stereocenters. The van der Waals surface area contributed by atoms with E-state index in [0.717, 1.165) is 11.1 Å². The highest BCUT2D eigenvalue weighted by Gasteiger charge is 2.41. The third kappa shape index (κ3) is 5.99. The first-order valence-corrected chi connectivity index (χ1v) is 12.7. The fourth-order valence-electron chi connectivity index (χ4n) is 3.95. The maximum Gasteiger partial charge on any atom is 0.338 e. The summed E-state index contributed by atoms with van der Waals surface area (Å²) in [5.74, 6) is -0.986. The van der Waals surface area contributed by atoms with Crippen molar-refractivity contribution in [3.05, 3.63) is 92.9 Å². The number of thioether (sulfide) groups is 1. The first-order chi connectivity index (χ1) is 17.0. The van der Waals surface area contributed by atoms with Crippen LogP contribution in [0.1, 0.15) is 51.3 Å². The number of rotatable bonds is 6. The van der Waals surface area contributed by atoms with E-state index in [4.69, 9.17) is 16.3 Å². The van der Waals surface area contributed by atoms with Crippen molar-refractivity contribution in [2.45, 2.75) is 52.3 Å². The van der Waals surface area contributed by atoms with Crippen LogP contribution in [0.4, 0.5) is 4.39 Å². The van der Waals surface area contributed by atoms with Gasteiger partial charge in [0.15, 0.2) is 5.17 Å². The molecule has 2 aromatic carbocycles. The van der Waals surface area contributed by atoms with Crippen molar-refractivity contribution in [2.24, 2.45) is 4.99 Å². The summed E-state index contributed by atoms with van der Waals surface area (Å²) in [5.41, 5.74) is 2.63. The van der Waals surface area contributed by atoms with E-state index in [2.05, 4.69) is 10.3 Å². The number of ether oxygens (including phenoxy) is 1. The number of carbonyl (C=O) groups excluding carboxylic acids is 2. The van der Waals surface area contributed by atoms with Gasteiger partial charge >= 0.3 is 5.97 Å². The second-order valence-electron chi connectivity index (χ2n) is 9.53. The van der Waals surface area contributed by atoms with Crippen LogP contribution < -0.4 is 5.32 Å². The molecule has 1 amide bonds. The second-order valence-corrected chi connectivity index (χ2v) is 10.8. The molecule has 1 N–H and O–H groups in total. The minimum Gasteiger partial charge on any atom is -0.456 e. The second kappa shape index (κ2) is 10.5. The van der Waals surface area contributed by atoms with Gasteiger partial charge in [0.2, 0.25) is 5.91 Å². The molecule has 2 heterocycles. The molecule has 0 aliphatic carbocycles. The molecule has 0 saturated carbocycles. The molecular weight excluding hydrogens is 501 g/mol. The summed E-state index contributed by atoms with van der Waals surface area (Å²) in [7, 11) is 0. The predicted octanol–water partition coefficient (Wildman–Crippen LogP) is 6.10. The van der Waals surface area contributed by atoms with Gasteiger partial charge in [-0.3, -0.25) is 4.79 Å². The molecule has 2 aromatic rings. The van der Waals surface area contributed by atoms with Crippen molar-refractivity contribution in [2.75, 3.05) is 0 Å². The average Bonchev–Trinajstić information content (AvgIpc) is 3.19. The molecule has 0 bridgehead atoms. The Morgan fingerprint density at radius 2 is 1.81 bits per heavy atom. The van der Waals surface area contributed by atoms with E-state index < -0.39 is 17.6 Å². The van der Waals surface area contributed by atoms with Gasteiger partial charge in [-0.05, 0) is 68.5 Å². The zero-order valence-electron chi connectivity index (χ0n) is 20.5. The molecule has 188 valence electrons. The van der Waals surface area contributed by atoms with Gasteiger partial charge in [-0.1, -0.05) is 47.6 Å². The maximum absolute atomic E-state index is 13.3. The van der Waals surface area contributed by atoms with Crippen molar-refractivity contribution < 1.29 is 18.7 Å². The first kappa shape index (κ1) is 26.0. The normalized spacial score (nSPS) is 17.4. The molecule has 36 heavy (non-hydrogen) atoms. The molecule has 0 saturated heterocycles. The van der Waals surface area contributed by atoms with E-state index in [1.807, 2.05) is 43.2 Å². The van der Waals surface area contributed by atoms with Gasteiger partial charge in [0, 0.05) is 17.3 Å². The van der Waals surface area contributed by atoms with E-state index in [1.54, 1.807) is 31.2 Å². The van der Waals surface area contributed by atoms with E-state index in [-0.39, 0.29) is 24.7 Å². The van der Waals surface area contributed by atoms with Crippen LogP contribution in [0.5, 0.6) is 0 Å². The molecule has 0 fully saturated rings. The van der Waals surface area contributed by atoms with Crippen LogP contribution in [0.2, 0.25) is 5.02 Å². The van der Waals surface area contributed by atoms with E-state index in [9.17, 15) is 14.0 Å². The fraction of sp³-hybridized carbons (Fsp3) is 0.296. The minimum atomic E-state index is -0.683. The predicted molar refractivity (Wildman–Crippen MR) is 141 cm³/mol. The maximum atomic E-state index is 13.3. The van der Waals surface area contributed by atoms with Crippen molar-refractivity contribution in [3.63, 3.8) is 0 Å². The van der Waals surface area contributed by atoms with Gasteiger partial charge < -0.3 is 15.0 Å². The number of benzene rings is 2. The smallest absolute Gasteiger partial charge is 0.338 e. The lowest BCUT2D eigenvalue weighted by Gasteiger charge is -2.37. The zero-order valence-corrected chi connectivity index (χ0v) is 22.0. The third-order valence-corrected chi connectivity index (χ3v) is 6.69. The summed E-state index contributed by atoms with van der Waals surface area (Å²) in [6, 6.07) is 12.7. The van der Waals surface area contributed by atoms with Crippen LogP contribution in [0.25, 0.3) is 0 Å². The fourth-order valence-corrected chi connectivity index (χ4v) is 5.04. The number of allylic oxidation sites excluding steroid dienone is 1. The number of halogens is 2. The molecule has 4 rings (SSSR count). The summed E-state index contributed by atoms with van der Waals surface area (Å²) in [6.07, 6.45) is 0.0813. The summed E-state index contributed by atoms with van der Waals surface area (Å²) >= 11 is 7.54. The van der Waals surface area contributed by atoms with E-state index in [1.165, 1.54) is 23.9 Å². The molecule has 0 aromatic heterocycles. The Kier molecular flexibility index (Phi) is 7.57. The number of carbonyl (C=O) groups is 2. The summed E-state index contributed by atoms with van der Waals surface area (Å²) < 4.78 is 18.9. The van der Waals surface area contributed by atoms with E-state index >= 15 is 0 Å². The molecule has 2 aliphatic rings. The minimum absolute atomic E-state index is 0.0813. The number of amidine groups is 1. The van der Waals surface area contributed by atoms with Gasteiger partial charge in [0.05, 0.1) is 23.7 Å². The Bertz CT molecular complexity index is 1260. The lowest BCUT2D eigenvalue weighted by Crippen LogP contribution is -2.39. The lowest BCUT2D eigenvalue weighted by atomic mass is 9.93. The van der Waals surface area contributed by atoms with Crippen molar-refractivity contribution in [3.8, 4) is 0 Å². The summed E-state index contributed by atoms with van der Waals surface area (Å²) in [6.45, 7) is 7.53. The number of esters is 1. The van der Waals surface area contributed by atoms with Gasteiger partial charge in [-0.15, -0.1) is 0 Å². The number of aliphatic imine (C=N–C) groups is 1. The van der Waals surface area contributed by atoms with Crippen molar-refractivity contribution >= 4 is 40.4 Å². The third-order valence-electron chi connectivity index (χ3n) is 5.55. The molecule has 1 atom stereocenters. The van der Waals surface area contributed by atoms with Gasteiger partial charge in [-0.2, -0.15) is 0 Å². The van der Waals surface area contributed by atoms with Crippen LogP contribution in [0.15, 0.2) is 75.9 Å². The van der Waals surface area contributed by atoms with E-state index in [0.29, 0.717) is 27.2 Å². The monoisotopic (exact) mass is 527 g/mol. The van der Waals surface area contributed by atoms with Crippen LogP contribution in [0, 0.1) is 5.82 Å². The Labute approximate surface area is 219 Å². The topological polar surface area (TPSA) is 71.0 Å². The van der Waals surface area contributed by atoms with Crippen LogP contribution in [-0.2, 0) is 20.9 Å². The quantitative estimate of drug-likeness (QED) is 0.459. The molecule has 0 radical (unpaired) electrons. The largest absolute Gasteiger partial charge is 0.456 e. The highest BCUT2D eigenvalue weighted by molar-refractivity contribution is 8.16. The Hall–Kier alpha value is -3.10. The van der Waals surface area contributed by atoms with Gasteiger partial charge in [0.25, 0.3) is 0 Å². The van der Waals surface area contributed by atoms with Gasteiger partial charge in [0.1, 0.15) is 11.4 Å². The average molecular weight is 528 g/mol. The number of hydrogen-bond donors (Lipinski definition) is 1. The van der Waals surface area contributed by atoms with Crippen LogP contribution in [0.3, 0.4) is 0 Å². The van der Waals surface area contributed by atoms with Crippen molar-refractivity contribution in [1.29, 1.82) is 0 Å². The summed E-state index contributed by atoms with van der Waals surface area (Å²) in [4.78, 5) is 32.8. The van der Waals surface area contributed by atoms with Crippen molar-refractivity contribution in [1.82, 2.24) is 10.2 Å². The molecule has 6 nitrogen and oxygen atoms in total. The Balaban J connectivity index is 1.60. The van der Waals surface area contributed by atoms with Crippen LogP contribution in [-0.4, -0.2) is 27.5 Å². The SMILES string of the molecule is CC1=C(C(=O)OC(C)(C)C)[C@H](c2ccc(Cl)cc2)N2C(CC(=O)NCc3ccc(F)cc3)=CSC2=N1. The first-order valence-electron chi connectivity index (χ1n) is 11.5. The zero-order chi connectivity index (χ0) is 26.0. The number of amides is 1. The highest BCUT2D eigenvalue weighted by Crippen LogP contribution is 2.45. The standard InChI is InChI=1S/C27H27ClFN3O3S/c1-16-23(25(34)35-27(2,3)4)24(18-7-9-19(28)10-8-18)32-21(15-36-26(32)31-16)13-22(33)30-14-17-5-11-20(29)12-6-17/h5-12,15,24H,13-14H2,1-4H3,(H,30,33)/t24-/m0/s1. The molecule has 9 heteroatoms. The number of fused-ring (bicyclic) bond motifs is 1. The number of nitrogens with one attached hydrogen (secondary N) is 1. The number of nitrogens with zero attached hydrogens (tertiary/aromatic N) is 2. The molecular formula is C27H27ClFN3O3S. The Morgan fingerprint density at radius 1 is 1.14 bits per heavy atom.